The molecule has 1 aromatic carbocycles. The lowest BCUT2D eigenvalue weighted by Gasteiger charge is -2.41. The van der Waals surface area contributed by atoms with Crippen molar-refractivity contribution in [1.82, 2.24) is 4.98 Å². The number of aryl methyl sites for hydroxylation is 1. The summed E-state index contributed by atoms with van der Waals surface area (Å²) in [5.41, 5.74) is 0.833. The third-order valence-corrected chi connectivity index (χ3v) is 4.76. The molecule has 1 aliphatic carbocycles. The lowest BCUT2D eigenvalue weighted by molar-refractivity contribution is -0.383. The summed E-state index contributed by atoms with van der Waals surface area (Å²) in [5, 5.41) is 24.8. The van der Waals surface area contributed by atoms with Crippen LogP contribution in [0.25, 0.3) is 10.2 Å². The molecule has 1 fully saturated rings. The fourth-order valence-corrected chi connectivity index (χ4v) is 3.38. The molecule has 1 heterocycles. The number of benzene rings is 1. The highest BCUT2D eigenvalue weighted by Crippen LogP contribution is 2.39. The number of fused-ring (bicyclic) bond motifs is 1. The Labute approximate surface area is 119 Å². The molecular formula is C13H15N3O3S. The number of nitrogens with zero attached hydrogens (tertiary/aromatic N) is 2. The minimum Gasteiger partial charge on any atom is -0.394 e. The number of nitro benzene ring substituents is 1. The van der Waals surface area contributed by atoms with Gasteiger partial charge in [0.1, 0.15) is 5.69 Å². The predicted molar refractivity (Wildman–Crippen MR) is 78.3 cm³/mol. The second-order valence-electron chi connectivity index (χ2n) is 5.24. The maximum absolute atomic E-state index is 11.2. The number of nitrogens with one attached hydrogen (secondary N) is 1. The largest absolute Gasteiger partial charge is 0.394 e. The summed E-state index contributed by atoms with van der Waals surface area (Å²) < 4.78 is 0.811. The molecule has 1 aromatic heterocycles. The zero-order valence-electron chi connectivity index (χ0n) is 11.0. The standard InChI is InChI=1S/C13H15N3O3S/c1-8-14-10-5-9(15-13(7-17)3-2-4-13)11(16(18)19)6-12(10)20-8/h5-6,15,17H,2-4,7H2,1H3. The number of thiazole rings is 1. The van der Waals surface area contributed by atoms with Gasteiger partial charge in [-0.2, -0.15) is 0 Å². The summed E-state index contributed by atoms with van der Waals surface area (Å²) in [5.74, 6) is 0. The summed E-state index contributed by atoms with van der Waals surface area (Å²) in [6, 6.07) is 3.28. The van der Waals surface area contributed by atoms with Gasteiger partial charge in [-0.3, -0.25) is 10.1 Å². The number of anilines is 1. The second kappa shape index (κ2) is 4.68. The van der Waals surface area contributed by atoms with Crippen molar-refractivity contribution in [3.63, 3.8) is 0 Å². The van der Waals surface area contributed by atoms with E-state index in [1.54, 1.807) is 12.1 Å². The third kappa shape index (κ3) is 2.12. The Kier molecular flexibility index (Phi) is 3.10. The zero-order chi connectivity index (χ0) is 14.3. The molecule has 3 rings (SSSR count). The van der Waals surface area contributed by atoms with Crippen LogP contribution in [0.1, 0.15) is 24.3 Å². The molecule has 0 saturated heterocycles. The van der Waals surface area contributed by atoms with E-state index in [9.17, 15) is 15.2 Å². The van der Waals surface area contributed by atoms with Crippen molar-refractivity contribution in [1.29, 1.82) is 0 Å². The highest BCUT2D eigenvalue weighted by Gasteiger charge is 2.37. The zero-order valence-corrected chi connectivity index (χ0v) is 11.9. The van der Waals surface area contributed by atoms with E-state index in [1.165, 1.54) is 11.3 Å². The number of rotatable bonds is 4. The average Bonchev–Trinajstić information content (AvgIpc) is 2.71. The molecule has 1 aliphatic rings. The number of aromatic nitrogens is 1. The number of aliphatic hydroxyl groups is 1. The Bertz CT molecular complexity index is 673. The molecule has 7 heteroatoms. The van der Waals surface area contributed by atoms with E-state index < -0.39 is 5.54 Å². The van der Waals surface area contributed by atoms with Crippen molar-refractivity contribution < 1.29 is 10.0 Å². The summed E-state index contributed by atoms with van der Waals surface area (Å²) in [6.45, 7) is 1.86. The first-order chi connectivity index (χ1) is 9.53. The van der Waals surface area contributed by atoms with Crippen LogP contribution in [0, 0.1) is 17.0 Å². The van der Waals surface area contributed by atoms with Gasteiger partial charge in [-0.25, -0.2) is 4.98 Å². The van der Waals surface area contributed by atoms with Gasteiger partial charge in [0, 0.05) is 6.07 Å². The van der Waals surface area contributed by atoms with Gasteiger partial charge in [-0.05, 0) is 32.3 Å². The molecule has 0 radical (unpaired) electrons. The minimum atomic E-state index is -0.413. The van der Waals surface area contributed by atoms with Crippen molar-refractivity contribution in [2.45, 2.75) is 31.7 Å². The monoisotopic (exact) mass is 293 g/mol. The Morgan fingerprint density at radius 1 is 1.55 bits per heavy atom. The normalized spacial score (nSPS) is 16.9. The van der Waals surface area contributed by atoms with Gasteiger partial charge in [-0.15, -0.1) is 11.3 Å². The van der Waals surface area contributed by atoms with Gasteiger partial charge in [0.15, 0.2) is 0 Å². The molecule has 20 heavy (non-hydrogen) atoms. The van der Waals surface area contributed by atoms with Crippen molar-refractivity contribution in [2.24, 2.45) is 0 Å². The van der Waals surface area contributed by atoms with Crippen molar-refractivity contribution in [3.05, 3.63) is 27.3 Å². The summed E-state index contributed by atoms with van der Waals surface area (Å²) in [7, 11) is 0. The molecule has 0 atom stereocenters. The molecule has 1 saturated carbocycles. The molecule has 0 amide bonds. The van der Waals surface area contributed by atoms with Crippen LogP contribution in [0.5, 0.6) is 0 Å². The molecule has 0 aliphatic heterocycles. The Balaban J connectivity index is 2.07. The van der Waals surface area contributed by atoms with E-state index in [-0.39, 0.29) is 17.2 Å². The van der Waals surface area contributed by atoms with Crippen LogP contribution in [0.15, 0.2) is 12.1 Å². The Hall–Kier alpha value is -1.73. The lowest BCUT2D eigenvalue weighted by atomic mass is 9.77. The molecule has 2 aromatic rings. The number of nitro groups is 1. The molecular weight excluding hydrogens is 278 g/mol. The predicted octanol–water partition coefficient (Wildman–Crippen LogP) is 2.84. The topological polar surface area (TPSA) is 88.3 Å². The van der Waals surface area contributed by atoms with Gasteiger partial charge in [0.25, 0.3) is 5.69 Å². The minimum absolute atomic E-state index is 0.0156. The Morgan fingerprint density at radius 3 is 2.85 bits per heavy atom. The van der Waals surface area contributed by atoms with Gasteiger partial charge in [0.05, 0.1) is 32.3 Å². The summed E-state index contributed by atoms with van der Waals surface area (Å²) >= 11 is 1.44. The first-order valence-corrected chi connectivity index (χ1v) is 7.29. The highest BCUT2D eigenvalue weighted by molar-refractivity contribution is 7.18. The number of hydrogen-bond acceptors (Lipinski definition) is 6. The van der Waals surface area contributed by atoms with E-state index >= 15 is 0 Å². The van der Waals surface area contributed by atoms with Gasteiger partial charge < -0.3 is 10.4 Å². The van der Waals surface area contributed by atoms with Crippen molar-refractivity contribution in [3.8, 4) is 0 Å². The van der Waals surface area contributed by atoms with E-state index in [0.29, 0.717) is 5.69 Å². The van der Waals surface area contributed by atoms with Crippen LogP contribution in [0.3, 0.4) is 0 Å². The summed E-state index contributed by atoms with van der Waals surface area (Å²) in [6.07, 6.45) is 2.68. The first kappa shape index (κ1) is 13.3. The molecule has 106 valence electrons. The summed E-state index contributed by atoms with van der Waals surface area (Å²) in [4.78, 5) is 15.2. The van der Waals surface area contributed by atoms with Crippen LogP contribution in [0.2, 0.25) is 0 Å². The van der Waals surface area contributed by atoms with E-state index in [1.807, 2.05) is 6.92 Å². The van der Waals surface area contributed by atoms with Crippen LogP contribution < -0.4 is 5.32 Å². The highest BCUT2D eigenvalue weighted by atomic mass is 32.1. The molecule has 0 spiro atoms. The van der Waals surface area contributed by atoms with Gasteiger partial charge in [0.2, 0.25) is 0 Å². The van der Waals surface area contributed by atoms with Gasteiger partial charge >= 0.3 is 0 Å². The number of aliphatic hydroxyl groups excluding tert-OH is 1. The molecule has 0 unspecified atom stereocenters. The fraction of sp³-hybridized carbons (Fsp3) is 0.462. The molecule has 6 nitrogen and oxygen atoms in total. The third-order valence-electron chi connectivity index (χ3n) is 3.82. The quantitative estimate of drug-likeness (QED) is 0.668. The van der Waals surface area contributed by atoms with Crippen LogP contribution in [-0.4, -0.2) is 27.2 Å². The van der Waals surface area contributed by atoms with E-state index in [0.717, 1.165) is 34.5 Å². The first-order valence-electron chi connectivity index (χ1n) is 6.48. The van der Waals surface area contributed by atoms with Crippen molar-refractivity contribution >= 4 is 32.9 Å². The second-order valence-corrected chi connectivity index (χ2v) is 6.48. The van der Waals surface area contributed by atoms with Crippen molar-refractivity contribution in [2.75, 3.05) is 11.9 Å². The van der Waals surface area contributed by atoms with Crippen LogP contribution in [0.4, 0.5) is 11.4 Å². The van der Waals surface area contributed by atoms with Crippen LogP contribution >= 0.6 is 11.3 Å². The SMILES string of the molecule is Cc1nc2cc(NC3(CO)CCC3)c([N+](=O)[O-])cc2s1. The average molecular weight is 293 g/mol. The number of hydrogen-bond donors (Lipinski definition) is 2. The maximum atomic E-state index is 11.2. The lowest BCUT2D eigenvalue weighted by Crippen LogP contribution is -2.48. The maximum Gasteiger partial charge on any atom is 0.293 e. The van der Waals surface area contributed by atoms with E-state index in [4.69, 9.17) is 0 Å². The Morgan fingerprint density at radius 2 is 2.30 bits per heavy atom. The fourth-order valence-electron chi connectivity index (χ4n) is 2.54. The molecule has 2 N–H and O–H groups in total. The van der Waals surface area contributed by atoms with Gasteiger partial charge in [-0.1, -0.05) is 0 Å². The smallest absolute Gasteiger partial charge is 0.293 e. The van der Waals surface area contributed by atoms with Crippen LogP contribution in [-0.2, 0) is 0 Å². The van der Waals surface area contributed by atoms with E-state index in [2.05, 4.69) is 10.3 Å². The molecule has 0 bridgehead atoms.